The molecule has 0 saturated carbocycles. The molecule has 0 radical (unpaired) electrons. The minimum Gasteiger partial charge on any atom is -0.360 e. The predicted molar refractivity (Wildman–Crippen MR) is 125 cm³/mol. The molecule has 2 aliphatic rings. The van der Waals surface area contributed by atoms with Gasteiger partial charge in [-0.2, -0.15) is 11.8 Å². The van der Waals surface area contributed by atoms with Crippen molar-refractivity contribution >= 4 is 61.7 Å². The highest BCUT2D eigenvalue weighted by molar-refractivity contribution is 9.10. The number of anilines is 2. The molecular weight excluding hydrogens is 486 g/mol. The lowest BCUT2D eigenvalue weighted by Gasteiger charge is -2.44. The lowest BCUT2D eigenvalue weighted by Crippen LogP contribution is -2.55. The maximum atomic E-state index is 12.4. The molecule has 2 aliphatic heterocycles. The summed E-state index contributed by atoms with van der Waals surface area (Å²) in [5.74, 6) is 1.96. The zero-order chi connectivity index (χ0) is 21.1. The molecule has 0 spiro atoms. The molecule has 2 aromatic rings. The second kappa shape index (κ2) is 9.49. The van der Waals surface area contributed by atoms with Gasteiger partial charge in [0, 0.05) is 37.7 Å². The third kappa shape index (κ3) is 4.87. The van der Waals surface area contributed by atoms with E-state index in [4.69, 9.17) is 0 Å². The van der Waals surface area contributed by atoms with E-state index in [1.54, 1.807) is 19.2 Å². The fraction of sp³-hybridized carbons (Fsp3) is 0.400. The van der Waals surface area contributed by atoms with E-state index >= 15 is 0 Å². The van der Waals surface area contributed by atoms with Crippen molar-refractivity contribution in [3.63, 3.8) is 0 Å². The lowest BCUT2D eigenvalue weighted by atomic mass is 9.98. The molecule has 7 nitrogen and oxygen atoms in total. The average Bonchev–Trinajstić information content (AvgIpc) is 3.18. The number of aromatic nitrogens is 2. The molecule has 2 aromatic heterocycles. The highest BCUT2D eigenvalue weighted by Crippen LogP contribution is 2.29. The van der Waals surface area contributed by atoms with E-state index in [0.29, 0.717) is 28.5 Å². The Morgan fingerprint density at radius 3 is 2.80 bits per heavy atom. The maximum Gasteiger partial charge on any atom is 0.276 e. The molecule has 4 heterocycles. The van der Waals surface area contributed by atoms with Crippen molar-refractivity contribution in [3.8, 4) is 0 Å². The highest BCUT2D eigenvalue weighted by Gasteiger charge is 2.31. The van der Waals surface area contributed by atoms with Crippen LogP contribution in [0, 0.1) is 0 Å². The number of nitrogens with zero attached hydrogens (tertiary/aromatic N) is 4. The van der Waals surface area contributed by atoms with E-state index in [1.165, 1.54) is 16.9 Å². The Bertz CT molecular complexity index is 962. The topological polar surface area (TPSA) is 78.4 Å². The molecule has 1 atom stereocenters. The van der Waals surface area contributed by atoms with Crippen LogP contribution in [-0.2, 0) is 4.79 Å². The van der Waals surface area contributed by atoms with Gasteiger partial charge in [-0.05, 0) is 45.8 Å². The first-order chi connectivity index (χ1) is 14.5. The molecule has 1 N–H and O–H groups in total. The summed E-state index contributed by atoms with van der Waals surface area (Å²) in [5.41, 5.74) is 2.70. The Morgan fingerprint density at radius 1 is 1.30 bits per heavy atom. The number of thioether (sulfide) groups is 1. The molecule has 1 saturated heterocycles. The van der Waals surface area contributed by atoms with Crippen LogP contribution in [0.25, 0.3) is 0 Å². The van der Waals surface area contributed by atoms with Crippen molar-refractivity contribution in [2.75, 3.05) is 41.4 Å². The Labute approximate surface area is 192 Å². The molecule has 10 heteroatoms. The monoisotopic (exact) mass is 507 g/mol. The fourth-order valence-electron chi connectivity index (χ4n) is 3.70. The molecule has 158 valence electrons. The van der Waals surface area contributed by atoms with Gasteiger partial charge >= 0.3 is 0 Å². The third-order valence-corrected chi connectivity index (χ3v) is 7.62. The zero-order valence-electron chi connectivity index (χ0n) is 16.5. The van der Waals surface area contributed by atoms with Crippen LogP contribution in [0.4, 0.5) is 10.8 Å². The first-order valence-corrected chi connectivity index (χ1v) is 12.5. The van der Waals surface area contributed by atoms with Crippen molar-refractivity contribution in [1.82, 2.24) is 14.9 Å². The van der Waals surface area contributed by atoms with Crippen molar-refractivity contribution in [2.24, 2.45) is 0 Å². The molecule has 0 aromatic carbocycles. The van der Waals surface area contributed by atoms with Crippen molar-refractivity contribution in [3.05, 3.63) is 45.7 Å². The summed E-state index contributed by atoms with van der Waals surface area (Å²) in [6.45, 7) is 3.75. The maximum absolute atomic E-state index is 12.4. The van der Waals surface area contributed by atoms with Gasteiger partial charge in [0.25, 0.3) is 5.91 Å². The number of hydrogen-bond acceptors (Lipinski definition) is 7. The quantitative estimate of drug-likeness (QED) is 0.636. The molecule has 0 bridgehead atoms. The first-order valence-electron chi connectivity index (χ1n) is 9.68. The molecule has 0 aliphatic carbocycles. The molecule has 4 rings (SSSR count). The van der Waals surface area contributed by atoms with Gasteiger partial charge in [-0.3, -0.25) is 14.9 Å². The Kier molecular flexibility index (Phi) is 6.74. The zero-order valence-corrected chi connectivity index (χ0v) is 19.7. The molecule has 2 amide bonds. The van der Waals surface area contributed by atoms with Crippen LogP contribution < -0.4 is 10.2 Å². The Hall–Kier alpha value is -1.91. The van der Waals surface area contributed by atoms with E-state index in [0.717, 1.165) is 30.2 Å². The largest absolute Gasteiger partial charge is 0.360 e. The van der Waals surface area contributed by atoms with E-state index in [-0.39, 0.29) is 17.9 Å². The van der Waals surface area contributed by atoms with Gasteiger partial charge in [-0.15, -0.1) is 11.3 Å². The number of pyridine rings is 1. The Morgan fingerprint density at radius 2 is 2.17 bits per heavy atom. The second-order valence-corrected chi connectivity index (χ2v) is 9.93. The second-order valence-electron chi connectivity index (χ2n) is 7.11. The number of thiazole rings is 1. The van der Waals surface area contributed by atoms with Crippen LogP contribution in [0.15, 0.2) is 40.0 Å². The van der Waals surface area contributed by atoms with Crippen LogP contribution in [0.5, 0.6) is 0 Å². The number of hydrogen-bond donors (Lipinski definition) is 1. The minimum absolute atomic E-state index is 0.115. The van der Waals surface area contributed by atoms with Gasteiger partial charge in [0.1, 0.15) is 10.3 Å². The van der Waals surface area contributed by atoms with E-state index in [1.807, 2.05) is 28.1 Å². The smallest absolute Gasteiger partial charge is 0.276 e. The number of piperazine rings is 1. The highest BCUT2D eigenvalue weighted by atomic mass is 79.9. The van der Waals surface area contributed by atoms with Gasteiger partial charge in [0.15, 0.2) is 5.13 Å². The van der Waals surface area contributed by atoms with Crippen LogP contribution in [0.1, 0.15) is 23.8 Å². The van der Waals surface area contributed by atoms with Crippen LogP contribution >= 0.6 is 39.0 Å². The van der Waals surface area contributed by atoms with Gasteiger partial charge < -0.3 is 9.80 Å². The summed E-state index contributed by atoms with van der Waals surface area (Å²) in [5, 5.41) is 5.10. The molecule has 30 heavy (non-hydrogen) atoms. The minimum atomic E-state index is -0.284. The average molecular weight is 508 g/mol. The standard InChI is InChI=1S/C20H22BrN5O2S2/c1-13(27)25-6-7-26(17(11-25)14-4-8-29-9-5-14)15-2-3-16(22-10-15)19(28)24-20-23-18(21)12-30-20/h2-4,10,12,17H,5-9,11H2,1H3,(H,23,24,28). The van der Waals surface area contributed by atoms with Crippen LogP contribution in [0.2, 0.25) is 0 Å². The predicted octanol–water partition coefficient (Wildman–Crippen LogP) is 3.65. The van der Waals surface area contributed by atoms with E-state index in [2.05, 4.69) is 42.2 Å². The molecule has 1 unspecified atom stereocenters. The summed E-state index contributed by atoms with van der Waals surface area (Å²) in [7, 11) is 0. The van der Waals surface area contributed by atoms with Gasteiger partial charge in [0.2, 0.25) is 5.91 Å². The van der Waals surface area contributed by atoms with Crippen LogP contribution in [-0.4, -0.2) is 63.9 Å². The van der Waals surface area contributed by atoms with Crippen molar-refractivity contribution < 1.29 is 9.59 Å². The first kappa shape index (κ1) is 21.3. The fourth-order valence-corrected chi connectivity index (χ4v) is 5.72. The number of carbonyl (C=O) groups excluding carboxylic acids is 2. The van der Waals surface area contributed by atoms with E-state index < -0.39 is 0 Å². The molecular formula is C20H22BrN5O2S2. The SMILES string of the molecule is CC(=O)N1CCN(c2ccc(C(=O)Nc3nc(Br)cs3)nc2)C(C2=CCSCC2)C1. The summed E-state index contributed by atoms with van der Waals surface area (Å²) >= 11 is 6.57. The lowest BCUT2D eigenvalue weighted by molar-refractivity contribution is -0.129. The number of carbonyl (C=O) groups is 2. The number of rotatable bonds is 4. The van der Waals surface area contributed by atoms with Crippen LogP contribution in [0.3, 0.4) is 0 Å². The third-order valence-electron chi connectivity index (χ3n) is 5.26. The van der Waals surface area contributed by atoms with Crippen molar-refractivity contribution in [1.29, 1.82) is 0 Å². The summed E-state index contributed by atoms with van der Waals surface area (Å²) in [4.78, 5) is 37.2. The van der Waals surface area contributed by atoms with Crippen molar-refractivity contribution in [2.45, 2.75) is 19.4 Å². The Balaban J connectivity index is 1.51. The van der Waals surface area contributed by atoms with E-state index in [9.17, 15) is 9.59 Å². The van der Waals surface area contributed by atoms with Gasteiger partial charge in [0.05, 0.1) is 17.9 Å². The summed E-state index contributed by atoms with van der Waals surface area (Å²) < 4.78 is 0.692. The summed E-state index contributed by atoms with van der Waals surface area (Å²) in [6, 6.07) is 3.83. The normalized spacial score (nSPS) is 19.4. The molecule has 1 fully saturated rings. The van der Waals surface area contributed by atoms with Gasteiger partial charge in [-0.25, -0.2) is 9.97 Å². The van der Waals surface area contributed by atoms with Gasteiger partial charge in [-0.1, -0.05) is 6.08 Å². The number of amides is 2. The number of halogens is 1. The number of nitrogens with one attached hydrogen (secondary N) is 1. The summed E-state index contributed by atoms with van der Waals surface area (Å²) in [6.07, 6.45) is 5.09.